The second-order valence-corrected chi connectivity index (χ2v) is 8.41. The van der Waals surface area contributed by atoms with E-state index in [0.717, 1.165) is 22.4 Å². The molecule has 0 fully saturated rings. The number of ether oxygens (including phenoxy) is 1. The number of pyridine rings is 1. The Bertz CT molecular complexity index is 1050. The van der Waals surface area contributed by atoms with Gasteiger partial charge in [-0.25, -0.2) is 19.7 Å². The number of aromatic nitrogens is 3. The average Bonchev–Trinajstić information content (AvgIpc) is 2.85. The van der Waals surface area contributed by atoms with Crippen molar-refractivity contribution >= 4 is 17.6 Å². The second-order valence-electron chi connectivity index (χ2n) is 8.41. The molecule has 2 heterocycles. The lowest BCUT2D eigenvalue weighted by Gasteiger charge is -2.19. The summed E-state index contributed by atoms with van der Waals surface area (Å²) >= 11 is 0. The molecule has 188 valence electrons. The highest BCUT2D eigenvalue weighted by molar-refractivity contribution is 5.68. The number of aliphatic hydroxyl groups excluding tert-OH is 1. The summed E-state index contributed by atoms with van der Waals surface area (Å²) in [6.45, 7) is 11.0. The predicted molar refractivity (Wildman–Crippen MR) is 138 cm³/mol. The van der Waals surface area contributed by atoms with Crippen molar-refractivity contribution in [2.24, 2.45) is 0 Å². The Hall–Kier alpha value is -3.56. The summed E-state index contributed by atoms with van der Waals surface area (Å²) in [6.07, 6.45) is 4.83. The van der Waals surface area contributed by atoms with Gasteiger partial charge in [-0.15, -0.1) is 0 Å². The van der Waals surface area contributed by atoms with Gasteiger partial charge in [0.25, 0.3) is 0 Å². The van der Waals surface area contributed by atoms with E-state index in [4.69, 9.17) is 4.74 Å². The molecule has 0 radical (unpaired) electrons. The fraction of sp³-hybridized carbons (Fsp3) is 0.385. The van der Waals surface area contributed by atoms with E-state index < -0.39 is 11.7 Å². The molecule has 9 nitrogen and oxygen atoms in total. The van der Waals surface area contributed by atoms with Crippen LogP contribution in [0.3, 0.4) is 0 Å². The quantitative estimate of drug-likeness (QED) is 0.332. The number of anilines is 2. The summed E-state index contributed by atoms with van der Waals surface area (Å²) in [7, 11) is 0. The zero-order valence-corrected chi connectivity index (χ0v) is 21.1. The van der Waals surface area contributed by atoms with Crippen LogP contribution in [0.5, 0.6) is 0 Å². The lowest BCUT2D eigenvalue weighted by Crippen LogP contribution is -2.36. The molecule has 35 heavy (non-hydrogen) atoms. The number of carbonyl (C=O) groups excluding carboxylic acids is 1. The predicted octanol–water partition coefficient (Wildman–Crippen LogP) is 4.42. The van der Waals surface area contributed by atoms with Crippen molar-refractivity contribution in [1.82, 2.24) is 25.6 Å². The van der Waals surface area contributed by atoms with Gasteiger partial charge in [0.05, 0.1) is 13.2 Å². The van der Waals surface area contributed by atoms with Crippen LogP contribution in [0, 0.1) is 0 Å². The first-order chi connectivity index (χ1) is 16.8. The van der Waals surface area contributed by atoms with E-state index in [1.54, 1.807) is 18.6 Å². The largest absolute Gasteiger partial charge is 0.444 e. The van der Waals surface area contributed by atoms with Crippen LogP contribution in [0.2, 0.25) is 0 Å². The number of aliphatic hydroxyl groups is 1. The minimum Gasteiger partial charge on any atom is -0.444 e. The molecule has 9 heteroatoms. The van der Waals surface area contributed by atoms with Crippen molar-refractivity contribution in [3.63, 3.8) is 0 Å². The van der Waals surface area contributed by atoms with Gasteiger partial charge in [-0.2, -0.15) is 0 Å². The minimum atomic E-state index is -0.510. The lowest BCUT2D eigenvalue weighted by atomic mass is 10.1. The molecule has 1 aromatic carbocycles. The maximum Gasteiger partial charge on any atom is 0.407 e. The van der Waals surface area contributed by atoms with Crippen LogP contribution in [0.4, 0.5) is 16.3 Å². The molecule has 0 aliphatic carbocycles. The van der Waals surface area contributed by atoms with Crippen LogP contribution in [0.25, 0.3) is 11.1 Å². The Morgan fingerprint density at radius 2 is 1.74 bits per heavy atom. The number of rotatable bonds is 9. The highest BCUT2D eigenvalue weighted by Crippen LogP contribution is 2.22. The highest BCUT2D eigenvalue weighted by atomic mass is 16.6. The average molecular weight is 481 g/mol. The van der Waals surface area contributed by atoms with E-state index in [-0.39, 0.29) is 6.61 Å². The van der Waals surface area contributed by atoms with Crippen LogP contribution in [0.1, 0.15) is 46.0 Å². The summed E-state index contributed by atoms with van der Waals surface area (Å²) in [4.78, 5) is 24.8. The molecule has 3 rings (SSSR count). The Morgan fingerprint density at radius 3 is 2.43 bits per heavy atom. The molecule has 1 amide bonds. The first kappa shape index (κ1) is 27.7. The standard InChI is InChI=1S/C24H30N6O3.C2H6/c1-24(2,3)33-23(32)27-10-9-25-15-22-28-13-19(14-29-22)18-7-8-26-21(12-18)30-20-6-4-5-17(11-20)16-31;1-2/h4-8,11-14,25,31H,9-10,15-16H2,1-3H3,(H,26,30)(H,27,32);1-2H3. The van der Waals surface area contributed by atoms with Crippen LogP contribution >= 0.6 is 0 Å². The zero-order valence-electron chi connectivity index (χ0n) is 21.1. The van der Waals surface area contributed by atoms with Crippen molar-refractivity contribution < 1.29 is 14.6 Å². The Morgan fingerprint density at radius 1 is 1.00 bits per heavy atom. The number of hydrogen-bond donors (Lipinski definition) is 4. The number of nitrogens with zero attached hydrogens (tertiary/aromatic N) is 3. The van der Waals surface area contributed by atoms with E-state index in [1.807, 2.05) is 71.0 Å². The third-order valence-electron chi connectivity index (χ3n) is 4.43. The maximum absolute atomic E-state index is 11.6. The monoisotopic (exact) mass is 480 g/mol. The first-order valence-electron chi connectivity index (χ1n) is 11.7. The van der Waals surface area contributed by atoms with Gasteiger partial charge in [0, 0.05) is 42.9 Å². The van der Waals surface area contributed by atoms with Gasteiger partial charge in [0.1, 0.15) is 17.2 Å². The maximum atomic E-state index is 11.6. The molecule has 0 bridgehead atoms. The van der Waals surface area contributed by atoms with Crippen molar-refractivity contribution in [3.05, 3.63) is 66.4 Å². The van der Waals surface area contributed by atoms with E-state index in [1.165, 1.54) is 0 Å². The topological polar surface area (TPSA) is 121 Å². The molecule has 3 aromatic rings. The van der Waals surface area contributed by atoms with E-state index >= 15 is 0 Å². The third kappa shape index (κ3) is 10.1. The summed E-state index contributed by atoms with van der Waals surface area (Å²) in [6, 6.07) is 11.4. The number of nitrogens with one attached hydrogen (secondary N) is 3. The van der Waals surface area contributed by atoms with Crippen LogP contribution < -0.4 is 16.0 Å². The Labute approximate surface area is 207 Å². The Kier molecular flexibility index (Phi) is 11.1. The second kappa shape index (κ2) is 14.0. The van der Waals surface area contributed by atoms with Gasteiger partial charge in [0.15, 0.2) is 0 Å². The first-order valence-corrected chi connectivity index (χ1v) is 11.7. The smallest absolute Gasteiger partial charge is 0.407 e. The third-order valence-corrected chi connectivity index (χ3v) is 4.43. The van der Waals surface area contributed by atoms with E-state index in [9.17, 15) is 9.90 Å². The van der Waals surface area contributed by atoms with Gasteiger partial charge >= 0.3 is 6.09 Å². The van der Waals surface area contributed by atoms with Gasteiger partial charge in [-0.05, 0) is 56.2 Å². The summed E-state index contributed by atoms with van der Waals surface area (Å²) in [5, 5.41) is 18.4. The minimum absolute atomic E-state index is 0.0121. The van der Waals surface area contributed by atoms with Gasteiger partial charge in [-0.3, -0.25) is 0 Å². The summed E-state index contributed by atoms with van der Waals surface area (Å²) in [5.41, 5.74) is 2.98. The van der Waals surface area contributed by atoms with Gasteiger partial charge in [-0.1, -0.05) is 26.0 Å². The highest BCUT2D eigenvalue weighted by Gasteiger charge is 2.15. The molecule has 0 saturated carbocycles. The number of hydrogen-bond acceptors (Lipinski definition) is 8. The molecular formula is C26H36N6O3. The number of alkyl carbamates (subject to hydrolysis) is 1. The molecule has 0 atom stereocenters. The van der Waals surface area contributed by atoms with Crippen molar-refractivity contribution in [1.29, 1.82) is 0 Å². The molecule has 4 N–H and O–H groups in total. The normalized spacial score (nSPS) is 10.7. The molecule has 0 saturated heterocycles. The summed E-state index contributed by atoms with van der Waals surface area (Å²) < 4.78 is 5.19. The van der Waals surface area contributed by atoms with Crippen molar-refractivity contribution in [2.45, 2.75) is 53.4 Å². The van der Waals surface area contributed by atoms with Gasteiger partial charge < -0.3 is 25.8 Å². The zero-order chi connectivity index (χ0) is 25.7. The molecule has 2 aromatic heterocycles. The number of benzene rings is 1. The fourth-order valence-electron chi connectivity index (χ4n) is 2.94. The SMILES string of the molecule is CC.CC(C)(C)OC(=O)NCCNCc1ncc(-c2ccnc(Nc3cccc(CO)c3)c2)cn1. The van der Waals surface area contributed by atoms with Crippen LogP contribution in [-0.4, -0.2) is 44.8 Å². The van der Waals surface area contributed by atoms with E-state index in [0.29, 0.717) is 31.3 Å². The fourth-order valence-corrected chi connectivity index (χ4v) is 2.94. The van der Waals surface area contributed by atoms with Gasteiger partial charge in [0.2, 0.25) is 0 Å². The molecule has 0 aliphatic heterocycles. The molecular weight excluding hydrogens is 444 g/mol. The van der Waals surface area contributed by atoms with Crippen LogP contribution in [-0.2, 0) is 17.9 Å². The van der Waals surface area contributed by atoms with E-state index in [2.05, 4.69) is 30.9 Å². The summed E-state index contributed by atoms with van der Waals surface area (Å²) in [5.74, 6) is 1.34. The Balaban J connectivity index is 0.00000210. The lowest BCUT2D eigenvalue weighted by molar-refractivity contribution is 0.0528. The molecule has 0 spiro atoms. The molecule has 0 unspecified atom stereocenters. The number of carbonyl (C=O) groups is 1. The van der Waals surface area contributed by atoms with Crippen molar-refractivity contribution in [3.8, 4) is 11.1 Å². The van der Waals surface area contributed by atoms with Crippen molar-refractivity contribution in [2.75, 3.05) is 18.4 Å². The molecule has 0 aliphatic rings. The number of amides is 1. The van der Waals surface area contributed by atoms with Crippen LogP contribution in [0.15, 0.2) is 55.0 Å².